The molecule has 0 unspecified atom stereocenters. The molecule has 1 aromatic carbocycles. The summed E-state index contributed by atoms with van der Waals surface area (Å²) in [4.78, 5) is 1.32. The second kappa shape index (κ2) is 13.0. The molecule has 126 valence electrons. The molecule has 0 aliphatic heterocycles. The molecular formula is C19H33NOS. The summed E-state index contributed by atoms with van der Waals surface area (Å²) < 4.78 is 8.00. The third kappa shape index (κ3) is 10.3. The molecule has 0 aliphatic rings. The molecule has 0 N–H and O–H groups in total. The van der Waals surface area contributed by atoms with Gasteiger partial charge in [0.2, 0.25) is 0 Å². The van der Waals surface area contributed by atoms with Crippen molar-refractivity contribution in [1.82, 2.24) is 4.31 Å². The van der Waals surface area contributed by atoms with Crippen LogP contribution in [0.2, 0.25) is 0 Å². The molecule has 0 bridgehead atoms. The van der Waals surface area contributed by atoms with Crippen LogP contribution in [0.3, 0.4) is 0 Å². The van der Waals surface area contributed by atoms with Crippen molar-refractivity contribution in [1.29, 1.82) is 0 Å². The number of aryl methyl sites for hydroxylation is 1. The Balaban J connectivity index is 1.92. The van der Waals surface area contributed by atoms with Crippen LogP contribution in [-0.2, 0) is 4.74 Å². The van der Waals surface area contributed by atoms with E-state index in [1.54, 1.807) is 0 Å². The lowest BCUT2D eigenvalue weighted by Gasteiger charge is -2.15. The quantitative estimate of drug-likeness (QED) is 0.341. The lowest BCUT2D eigenvalue weighted by atomic mass is 10.2. The van der Waals surface area contributed by atoms with Crippen molar-refractivity contribution in [2.75, 3.05) is 26.8 Å². The highest BCUT2D eigenvalue weighted by atomic mass is 32.2. The highest BCUT2D eigenvalue weighted by Gasteiger charge is 2.01. The predicted octanol–water partition coefficient (Wildman–Crippen LogP) is 5.70. The summed E-state index contributed by atoms with van der Waals surface area (Å²) in [7, 11) is 2.18. The van der Waals surface area contributed by atoms with Crippen LogP contribution < -0.4 is 0 Å². The van der Waals surface area contributed by atoms with Gasteiger partial charge in [-0.25, -0.2) is 4.31 Å². The van der Waals surface area contributed by atoms with E-state index in [1.165, 1.54) is 55.4 Å². The van der Waals surface area contributed by atoms with E-state index in [0.717, 1.165) is 19.8 Å². The average molecular weight is 324 g/mol. The van der Waals surface area contributed by atoms with Gasteiger partial charge in [-0.1, -0.05) is 43.9 Å². The smallest absolute Gasteiger partial charge is 0.0466 e. The second-order valence-electron chi connectivity index (χ2n) is 5.99. The Morgan fingerprint density at radius 3 is 2.18 bits per heavy atom. The van der Waals surface area contributed by atoms with Crippen molar-refractivity contribution in [3.63, 3.8) is 0 Å². The average Bonchev–Trinajstić information content (AvgIpc) is 2.51. The van der Waals surface area contributed by atoms with Crippen molar-refractivity contribution in [2.24, 2.45) is 0 Å². The molecule has 0 heterocycles. The minimum atomic E-state index is 0.931. The molecule has 0 amide bonds. The largest absolute Gasteiger partial charge is 0.381 e. The Morgan fingerprint density at radius 2 is 1.55 bits per heavy atom. The Morgan fingerprint density at radius 1 is 0.909 bits per heavy atom. The van der Waals surface area contributed by atoms with Crippen molar-refractivity contribution in [2.45, 2.75) is 63.7 Å². The first kappa shape index (κ1) is 19.5. The minimum Gasteiger partial charge on any atom is -0.381 e. The maximum absolute atomic E-state index is 5.68. The van der Waals surface area contributed by atoms with Gasteiger partial charge < -0.3 is 4.74 Å². The monoisotopic (exact) mass is 323 g/mol. The second-order valence-corrected chi connectivity index (χ2v) is 7.27. The Hall–Kier alpha value is -0.510. The van der Waals surface area contributed by atoms with Crippen molar-refractivity contribution >= 4 is 11.9 Å². The number of benzene rings is 1. The van der Waals surface area contributed by atoms with E-state index in [2.05, 4.69) is 49.5 Å². The maximum atomic E-state index is 5.68. The van der Waals surface area contributed by atoms with E-state index >= 15 is 0 Å². The summed E-state index contributed by atoms with van der Waals surface area (Å²) in [6, 6.07) is 8.74. The topological polar surface area (TPSA) is 12.5 Å². The summed E-state index contributed by atoms with van der Waals surface area (Å²) in [6.07, 6.45) is 8.88. The van der Waals surface area contributed by atoms with Gasteiger partial charge in [-0.15, -0.1) is 0 Å². The molecule has 1 rings (SSSR count). The Bertz CT molecular complexity index is 366. The number of hydrogen-bond acceptors (Lipinski definition) is 3. The van der Waals surface area contributed by atoms with Crippen molar-refractivity contribution in [3.05, 3.63) is 29.8 Å². The van der Waals surface area contributed by atoms with Crippen LogP contribution >= 0.6 is 11.9 Å². The van der Waals surface area contributed by atoms with Crippen LogP contribution in [0.25, 0.3) is 0 Å². The van der Waals surface area contributed by atoms with Crippen LogP contribution in [0.15, 0.2) is 29.2 Å². The van der Waals surface area contributed by atoms with Gasteiger partial charge in [0.1, 0.15) is 0 Å². The third-order valence-electron chi connectivity index (χ3n) is 3.69. The SMILES string of the molecule is CCCCCCOCCCCCN(C)Sc1ccc(C)cc1. The van der Waals surface area contributed by atoms with Gasteiger partial charge in [-0.05, 0) is 63.7 Å². The Kier molecular flexibility index (Phi) is 11.5. The fourth-order valence-electron chi connectivity index (χ4n) is 2.27. The fraction of sp³-hybridized carbons (Fsp3) is 0.684. The number of unbranched alkanes of at least 4 members (excludes halogenated alkanes) is 5. The first-order valence-electron chi connectivity index (χ1n) is 8.76. The molecule has 3 heteroatoms. The van der Waals surface area contributed by atoms with E-state index < -0.39 is 0 Å². The highest BCUT2D eigenvalue weighted by molar-refractivity contribution is 7.97. The van der Waals surface area contributed by atoms with Crippen LogP contribution in [0, 0.1) is 6.92 Å². The molecule has 0 aliphatic carbocycles. The molecule has 2 nitrogen and oxygen atoms in total. The Labute approximate surface area is 141 Å². The van der Waals surface area contributed by atoms with Crippen LogP contribution in [-0.4, -0.2) is 31.1 Å². The molecule has 0 atom stereocenters. The van der Waals surface area contributed by atoms with E-state index in [1.807, 2.05) is 11.9 Å². The van der Waals surface area contributed by atoms with E-state index in [4.69, 9.17) is 4.74 Å². The number of nitrogens with zero attached hydrogens (tertiary/aromatic N) is 1. The van der Waals surface area contributed by atoms with Gasteiger partial charge in [0, 0.05) is 24.7 Å². The lowest BCUT2D eigenvalue weighted by molar-refractivity contribution is 0.125. The summed E-state index contributed by atoms with van der Waals surface area (Å²) in [5, 5.41) is 0. The minimum absolute atomic E-state index is 0.931. The van der Waals surface area contributed by atoms with Gasteiger partial charge in [0.05, 0.1) is 0 Å². The molecule has 0 radical (unpaired) electrons. The van der Waals surface area contributed by atoms with Crippen LogP contribution in [0.1, 0.15) is 57.4 Å². The number of hydrogen-bond donors (Lipinski definition) is 0. The van der Waals surface area contributed by atoms with Crippen molar-refractivity contribution < 1.29 is 4.74 Å². The molecule has 0 spiro atoms. The third-order valence-corrected chi connectivity index (χ3v) is 4.66. The number of rotatable bonds is 13. The van der Waals surface area contributed by atoms with Crippen LogP contribution in [0.5, 0.6) is 0 Å². The summed E-state index contributed by atoms with van der Waals surface area (Å²) in [5.74, 6) is 0. The van der Waals surface area contributed by atoms with Crippen LogP contribution in [0.4, 0.5) is 0 Å². The molecule has 0 aromatic heterocycles. The molecular weight excluding hydrogens is 290 g/mol. The van der Waals surface area contributed by atoms with E-state index in [-0.39, 0.29) is 0 Å². The molecule has 0 fully saturated rings. The first-order chi connectivity index (χ1) is 10.7. The summed E-state index contributed by atoms with van der Waals surface area (Å²) >= 11 is 1.83. The molecule has 0 saturated carbocycles. The van der Waals surface area contributed by atoms with E-state index in [9.17, 15) is 0 Å². The molecule has 1 aromatic rings. The zero-order chi connectivity index (χ0) is 16.0. The first-order valence-corrected chi connectivity index (χ1v) is 9.53. The number of ether oxygens (including phenoxy) is 1. The summed E-state index contributed by atoms with van der Waals surface area (Å²) in [5.41, 5.74) is 1.32. The van der Waals surface area contributed by atoms with Gasteiger partial charge >= 0.3 is 0 Å². The maximum Gasteiger partial charge on any atom is 0.0466 e. The zero-order valence-corrected chi connectivity index (χ0v) is 15.5. The standard InChI is InChI=1S/C19H33NOS/c1-4-5-6-9-16-21-17-10-7-8-15-20(3)22-19-13-11-18(2)12-14-19/h11-14H,4-10,15-17H2,1-3H3. The van der Waals surface area contributed by atoms with Gasteiger partial charge in [-0.3, -0.25) is 0 Å². The normalized spacial score (nSPS) is 11.3. The zero-order valence-electron chi connectivity index (χ0n) is 14.6. The summed E-state index contributed by atoms with van der Waals surface area (Å²) in [6.45, 7) is 7.39. The molecule has 0 saturated heterocycles. The van der Waals surface area contributed by atoms with Gasteiger partial charge in [0.15, 0.2) is 0 Å². The van der Waals surface area contributed by atoms with Gasteiger partial charge in [0.25, 0.3) is 0 Å². The van der Waals surface area contributed by atoms with Gasteiger partial charge in [-0.2, -0.15) is 0 Å². The van der Waals surface area contributed by atoms with Crippen molar-refractivity contribution in [3.8, 4) is 0 Å². The fourth-order valence-corrected chi connectivity index (χ4v) is 3.11. The predicted molar refractivity (Wildman–Crippen MR) is 98.5 cm³/mol. The highest BCUT2D eigenvalue weighted by Crippen LogP contribution is 2.21. The lowest BCUT2D eigenvalue weighted by Crippen LogP contribution is -2.10. The molecule has 22 heavy (non-hydrogen) atoms. The van der Waals surface area contributed by atoms with E-state index in [0.29, 0.717) is 0 Å².